The molecule has 0 aliphatic rings. The molecule has 0 fully saturated rings. The van der Waals surface area contributed by atoms with Crippen LogP contribution in [0.4, 0.5) is 0 Å². The predicted molar refractivity (Wildman–Crippen MR) is 96.4 cm³/mol. The zero-order chi connectivity index (χ0) is 16.8. The number of unbranched alkanes of at least 4 members (excludes halogenated alkanes) is 1. The summed E-state index contributed by atoms with van der Waals surface area (Å²) in [5.74, 6) is 1.92. The zero-order valence-corrected chi connectivity index (χ0v) is 14.1. The number of aromatic nitrogens is 2. The summed E-state index contributed by atoms with van der Waals surface area (Å²) >= 11 is 0. The number of rotatable bonds is 8. The standard InChI is InChI=1S/C20H24N2O2/c1-16-8-2-5-11-19(16)24-15-7-6-13-22-18-10-4-3-9-17(18)21-20(22)12-14-23/h2-5,8-11,23H,6-7,12-15H2,1H3. The smallest absolute Gasteiger partial charge is 0.122 e. The van der Waals surface area contributed by atoms with Crippen LogP contribution in [0.2, 0.25) is 0 Å². The lowest BCUT2D eigenvalue weighted by Gasteiger charge is -2.10. The van der Waals surface area contributed by atoms with Crippen LogP contribution in [-0.2, 0) is 13.0 Å². The maximum absolute atomic E-state index is 9.26. The Hall–Kier alpha value is -2.33. The summed E-state index contributed by atoms with van der Waals surface area (Å²) in [7, 11) is 0. The van der Waals surface area contributed by atoms with Crippen molar-refractivity contribution in [2.75, 3.05) is 13.2 Å². The van der Waals surface area contributed by atoms with Crippen molar-refractivity contribution in [2.24, 2.45) is 0 Å². The molecule has 0 atom stereocenters. The molecule has 4 heteroatoms. The number of nitrogens with zero attached hydrogens (tertiary/aromatic N) is 2. The van der Waals surface area contributed by atoms with Crippen molar-refractivity contribution >= 4 is 11.0 Å². The van der Waals surface area contributed by atoms with Crippen molar-refractivity contribution in [2.45, 2.75) is 32.7 Å². The van der Waals surface area contributed by atoms with E-state index in [9.17, 15) is 5.11 Å². The molecule has 3 rings (SSSR count). The van der Waals surface area contributed by atoms with Crippen LogP contribution in [0.15, 0.2) is 48.5 Å². The summed E-state index contributed by atoms with van der Waals surface area (Å²) in [5.41, 5.74) is 3.31. The second-order valence-electron chi connectivity index (χ2n) is 5.96. The van der Waals surface area contributed by atoms with E-state index in [4.69, 9.17) is 4.74 Å². The van der Waals surface area contributed by atoms with Gasteiger partial charge in [0, 0.05) is 13.0 Å². The fourth-order valence-corrected chi connectivity index (χ4v) is 2.94. The average Bonchev–Trinajstić information content (AvgIpc) is 2.94. The second kappa shape index (κ2) is 7.97. The predicted octanol–water partition coefficient (Wildman–Crippen LogP) is 3.74. The summed E-state index contributed by atoms with van der Waals surface area (Å²) in [6, 6.07) is 16.2. The van der Waals surface area contributed by atoms with Crippen LogP contribution < -0.4 is 4.74 Å². The van der Waals surface area contributed by atoms with Gasteiger partial charge >= 0.3 is 0 Å². The first-order valence-electron chi connectivity index (χ1n) is 8.53. The summed E-state index contributed by atoms with van der Waals surface area (Å²) in [5, 5.41) is 9.26. The molecule has 4 nitrogen and oxygen atoms in total. The molecule has 0 aliphatic heterocycles. The highest BCUT2D eigenvalue weighted by atomic mass is 16.5. The first kappa shape index (κ1) is 16.5. The molecule has 1 heterocycles. The Morgan fingerprint density at radius 1 is 1.04 bits per heavy atom. The van der Waals surface area contributed by atoms with Gasteiger partial charge in [-0.3, -0.25) is 0 Å². The molecule has 24 heavy (non-hydrogen) atoms. The van der Waals surface area contributed by atoms with Crippen LogP contribution in [0.25, 0.3) is 11.0 Å². The molecule has 0 aliphatic carbocycles. The second-order valence-corrected chi connectivity index (χ2v) is 5.96. The number of aliphatic hydroxyl groups is 1. The van der Waals surface area contributed by atoms with Crippen LogP contribution in [-0.4, -0.2) is 27.9 Å². The van der Waals surface area contributed by atoms with Crippen LogP contribution in [0.3, 0.4) is 0 Å². The quantitative estimate of drug-likeness (QED) is 0.642. The number of hydrogen-bond acceptors (Lipinski definition) is 3. The van der Waals surface area contributed by atoms with Gasteiger partial charge in [-0.2, -0.15) is 0 Å². The molecule has 0 radical (unpaired) electrons. The molecule has 0 saturated heterocycles. The Kier molecular flexibility index (Phi) is 5.49. The van der Waals surface area contributed by atoms with E-state index in [0.29, 0.717) is 13.0 Å². The minimum Gasteiger partial charge on any atom is -0.493 e. The number of ether oxygens (including phenoxy) is 1. The molecule has 3 aromatic rings. The van der Waals surface area contributed by atoms with Crippen LogP contribution in [0.5, 0.6) is 5.75 Å². The third-order valence-corrected chi connectivity index (χ3v) is 4.20. The zero-order valence-electron chi connectivity index (χ0n) is 14.1. The van der Waals surface area contributed by atoms with E-state index < -0.39 is 0 Å². The first-order chi connectivity index (χ1) is 11.8. The largest absolute Gasteiger partial charge is 0.493 e. The van der Waals surface area contributed by atoms with E-state index in [1.165, 1.54) is 5.56 Å². The summed E-state index contributed by atoms with van der Waals surface area (Å²) in [4.78, 5) is 4.63. The van der Waals surface area contributed by atoms with Gasteiger partial charge < -0.3 is 14.4 Å². The molecular weight excluding hydrogens is 300 g/mol. The molecule has 0 amide bonds. The number of benzene rings is 2. The highest BCUT2D eigenvalue weighted by molar-refractivity contribution is 5.75. The van der Waals surface area contributed by atoms with E-state index in [1.54, 1.807) is 0 Å². The molecule has 1 aromatic heterocycles. The fourth-order valence-electron chi connectivity index (χ4n) is 2.94. The summed E-state index contributed by atoms with van der Waals surface area (Å²) in [6.07, 6.45) is 2.60. The Labute approximate surface area is 142 Å². The highest BCUT2D eigenvalue weighted by Gasteiger charge is 2.09. The maximum atomic E-state index is 9.26. The third kappa shape index (κ3) is 3.77. The van der Waals surface area contributed by atoms with E-state index in [2.05, 4.69) is 28.6 Å². The molecule has 2 aromatic carbocycles. The van der Waals surface area contributed by atoms with E-state index >= 15 is 0 Å². The van der Waals surface area contributed by atoms with Gasteiger partial charge in [0.05, 0.1) is 24.2 Å². The lowest BCUT2D eigenvalue weighted by Crippen LogP contribution is -2.07. The highest BCUT2D eigenvalue weighted by Crippen LogP contribution is 2.18. The molecule has 0 saturated carbocycles. The van der Waals surface area contributed by atoms with Crippen molar-refractivity contribution in [3.63, 3.8) is 0 Å². The van der Waals surface area contributed by atoms with Gasteiger partial charge in [-0.25, -0.2) is 4.98 Å². The summed E-state index contributed by atoms with van der Waals surface area (Å²) in [6.45, 7) is 3.80. The van der Waals surface area contributed by atoms with Gasteiger partial charge in [-0.15, -0.1) is 0 Å². The average molecular weight is 324 g/mol. The number of aliphatic hydroxyl groups excluding tert-OH is 1. The van der Waals surface area contributed by atoms with Crippen LogP contribution in [0, 0.1) is 6.92 Å². The molecule has 0 unspecified atom stereocenters. The van der Waals surface area contributed by atoms with Gasteiger partial charge in [0.1, 0.15) is 11.6 Å². The third-order valence-electron chi connectivity index (χ3n) is 4.20. The Morgan fingerprint density at radius 2 is 1.83 bits per heavy atom. The van der Waals surface area contributed by atoms with Crippen molar-refractivity contribution in [3.8, 4) is 5.75 Å². The maximum Gasteiger partial charge on any atom is 0.122 e. The molecule has 126 valence electrons. The van der Waals surface area contributed by atoms with Crippen molar-refractivity contribution in [1.82, 2.24) is 9.55 Å². The van der Waals surface area contributed by atoms with E-state index in [1.807, 2.05) is 36.4 Å². The summed E-state index contributed by atoms with van der Waals surface area (Å²) < 4.78 is 8.08. The van der Waals surface area contributed by atoms with Gasteiger partial charge in [0.15, 0.2) is 0 Å². The molecule has 1 N–H and O–H groups in total. The van der Waals surface area contributed by atoms with Crippen molar-refractivity contribution in [3.05, 3.63) is 59.9 Å². The Bertz CT molecular complexity index is 795. The Balaban J connectivity index is 1.57. The minimum atomic E-state index is 0.125. The van der Waals surface area contributed by atoms with E-state index in [0.717, 1.165) is 42.0 Å². The number of aryl methyl sites for hydroxylation is 2. The van der Waals surface area contributed by atoms with E-state index in [-0.39, 0.29) is 6.61 Å². The van der Waals surface area contributed by atoms with Crippen LogP contribution in [0.1, 0.15) is 24.2 Å². The number of imidazole rings is 1. The topological polar surface area (TPSA) is 47.3 Å². The number of hydrogen-bond donors (Lipinski definition) is 1. The first-order valence-corrected chi connectivity index (χ1v) is 8.53. The fraction of sp³-hybridized carbons (Fsp3) is 0.350. The lowest BCUT2D eigenvalue weighted by molar-refractivity contribution is 0.291. The number of para-hydroxylation sites is 3. The molecule has 0 bridgehead atoms. The van der Waals surface area contributed by atoms with Gasteiger partial charge in [-0.1, -0.05) is 30.3 Å². The lowest BCUT2D eigenvalue weighted by atomic mass is 10.2. The minimum absolute atomic E-state index is 0.125. The number of fused-ring (bicyclic) bond motifs is 1. The monoisotopic (exact) mass is 324 g/mol. The van der Waals surface area contributed by atoms with Gasteiger partial charge in [0.2, 0.25) is 0 Å². The molecular formula is C20H24N2O2. The van der Waals surface area contributed by atoms with Crippen molar-refractivity contribution in [1.29, 1.82) is 0 Å². The Morgan fingerprint density at radius 3 is 2.67 bits per heavy atom. The van der Waals surface area contributed by atoms with Crippen LogP contribution >= 0.6 is 0 Å². The molecule has 0 spiro atoms. The normalized spacial score (nSPS) is 11.1. The van der Waals surface area contributed by atoms with Crippen molar-refractivity contribution < 1.29 is 9.84 Å². The van der Waals surface area contributed by atoms with Gasteiger partial charge in [0.25, 0.3) is 0 Å². The SMILES string of the molecule is Cc1ccccc1OCCCCn1c(CCO)nc2ccccc21. The van der Waals surface area contributed by atoms with Gasteiger partial charge in [-0.05, 0) is 43.5 Å².